The molecule has 0 unspecified atom stereocenters. The first kappa shape index (κ1) is 20.4. The fourth-order valence-electron chi connectivity index (χ4n) is 3.09. The number of carbonyl (C=O) groups excluding carboxylic acids is 3. The predicted octanol–water partition coefficient (Wildman–Crippen LogP) is 3.71. The van der Waals surface area contributed by atoms with Gasteiger partial charge in [-0.15, -0.1) is 11.3 Å². The molecule has 0 bridgehead atoms. The van der Waals surface area contributed by atoms with E-state index in [1.165, 1.54) is 24.7 Å². The average molecular weight is 381 g/mol. The summed E-state index contributed by atoms with van der Waals surface area (Å²) in [6.45, 7) is 5.52. The van der Waals surface area contributed by atoms with Crippen molar-refractivity contribution in [2.24, 2.45) is 0 Å². The van der Waals surface area contributed by atoms with E-state index in [9.17, 15) is 14.4 Å². The Balaban J connectivity index is 1.82. The van der Waals surface area contributed by atoms with Gasteiger partial charge < -0.3 is 10.1 Å². The fourth-order valence-corrected chi connectivity index (χ4v) is 4.05. The summed E-state index contributed by atoms with van der Waals surface area (Å²) in [5.74, 6) is -1.15. The van der Waals surface area contributed by atoms with Gasteiger partial charge in [0.2, 0.25) is 0 Å². The van der Waals surface area contributed by atoms with Gasteiger partial charge in [-0.1, -0.05) is 32.6 Å². The lowest BCUT2D eigenvalue weighted by molar-refractivity contribution is -0.127. The first-order valence-corrected chi connectivity index (χ1v) is 10.1. The van der Waals surface area contributed by atoms with Crippen LogP contribution >= 0.6 is 11.3 Å². The van der Waals surface area contributed by atoms with Crippen LogP contribution in [0.4, 0.5) is 4.79 Å². The first-order valence-electron chi connectivity index (χ1n) is 9.32. The summed E-state index contributed by atoms with van der Waals surface area (Å²) in [5.41, 5.74) is 1.13. The summed E-state index contributed by atoms with van der Waals surface area (Å²) in [6.07, 6.45) is 6.12. The lowest BCUT2D eigenvalue weighted by atomic mass is 9.96. The highest BCUT2D eigenvalue weighted by molar-refractivity contribution is 7.14. The van der Waals surface area contributed by atoms with Crippen LogP contribution in [0.3, 0.4) is 0 Å². The summed E-state index contributed by atoms with van der Waals surface area (Å²) in [6, 6.07) is 1.41. The Morgan fingerprint density at radius 2 is 1.96 bits per heavy atom. The standard InChI is InChI=1S/C19H28N2O4S/c1-4-8-14-11-16(26-13(14)3)18(23)25-12(2)17(22)21-19(24)20-15-9-6-5-7-10-15/h11-12,15H,4-10H2,1-3H3,(H2,20,21,22,24)/t12-/m1/s1. The quantitative estimate of drug-likeness (QED) is 0.737. The molecule has 26 heavy (non-hydrogen) atoms. The number of urea groups is 1. The zero-order valence-corrected chi connectivity index (χ0v) is 16.5. The van der Waals surface area contributed by atoms with Crippen LogP contribution in [0.1, 0.15) is 72.5 Å². The van der Waals surface area contributed by atoms with E-state index in [0.717, 1.165) is 49.0 Å². The number of esters is 1. The zero-order valence-electron chi connectivity index (χ0n) is 15.7. The molecule has 1 aliphatic rings. The number of rotatable bonds is 6. The Labute approximate surface area is 158 Å². The molecule has 3 amide bonds. The smallest absolute Gasteiger partial charge is 0.349 e. The number of amides is 3. The predicted molar refractivity (Wildman–Crippen MR) is 101 cm³/mol. The molecule has 1 aliphatic carbocycles. The van der Waals surface area contributed by atoms with E-state index in [2.05, 4.69) is 17.6 Å². The van der Waals surface area contributed by atoms with Crippen LogP contribution < -0.4 is 10.6 Å². The third-order valence-corrected chi connectivity index (χ3v) is 5.64. The van der Waals surface area contributed by atoms with Crippen molar-refractivity contribution in [1.82, 2.24) is 10.6 Å². The summed E-state index contributed by atoms with van der Waals surface area (Å²) in [5, 5.41) is 5.06. The van der Waals surface area contributed by atoms with Crippen molar-refractivity contribution in [3.63, 3.8) is 0 Å². The largest absolute Gasteiger partial charge is 0.448 e. The monoisotopic (exact) mass is 380 g/mol. The van der Waals surface area contributed by atoms with E-state index in [4.69, 9.17) is 4.74 Å². The molecule has 144 valence electrons. The van der Waals surface area contributed by atoms with Crippen LogP contribution in [0, 0.1) is 6.92 Å². The van der Waals surface area contributed by atoms with Crippen LogP contribution in [0.2, 0.25) is 0 Å². The molecule has 1 heterocycles. The molecule has 0 spiro atoms. The number of nitrogens with one attached hydrogen (secondary N) is 2. The summed E-state index contributed by atoms with van der Waals surface area (Å²) in [4.78, 5) is 37.8. The molecule has 0 aliphatic heterocycles. The lowest BCUT2D eigenvalue weighted by Crippen LogP contribution is -2.48. The molecule has 0 saturated heterocycles. The minimum Gasteiger partial charge on any atom is -0.448 e. The minimum absolute atomic E-state index is 0.112. The highest BCUT2D eigenvalue weighted by Crippen LogP contribution is 2.24. The Bertz CT molecular complexity index is 650. The van der Waals surface area contributed by atoms with Gasteiger partial charge in [0, 0.05) is 10.9 Å². The van der Waals surface area contributed by atoms with Crippen molar-refractivity contribution in [2.45, 2.75) is 77.9 Å². The molecule has 0 radical (unpaired) electrons. The van der Waals surface area contributed by atoms with Gasteiger partial charge in [0.25, 0.3) is 5.91 Å². The third-order valence-electron chi connectivity index (χ3n) is 4.57. The van der Waals surface area contributed by atoms with Gasteiger partial charge in [0.1, 0.15) is 4.88 Å². The molecule has 1 saturated carbocycles. The normalized spacial score (nSPS) is 16.0. The van der Waals surface area contributed by atoms with E-state index in [-0.39, 0.29) is 6.04 Å². The van der Waals surface area contributed by atoms with Crippen LogP contribution in [0.25, 0.3) is 0 Å². The number of hydrogen-bond acceptors (Lipinski definition) is 5. The maximum absolute atomic E-state index is 12.2. The second-order valence-corrected chi connectivity index (χ2v) is 8.04. The SMILES string of the molecule is CCCc1cc(C(=O)O[C@H](C)C(=O)NC(=O)NC2CCCCC2)sc1C. The zero-order chi connectivity index (χ0) is 19.1. The molecule has 6 nitrogen and oxygen atoms in total. The molecule has 1 fully saturated rings. The van der Waals surface area contributed by atoms with Crippen LogP contribution in [-0.2, 0) is 16.0 Å². The van der Waals surface area contributed by atoms with Crippen molar-refractivity contribution in [2.75, 3.05) is 0 Å². The van der Waals surface area contributed by atoms with Crippen molar-refractivity contribution < 1.29 is 19.1 Å². The Morgan fingerprint density at radius 3 is 2.62 bits per heavy atom. The molecular weight excluding hydrogens is 352 g/mol. The van der Waals surface area contributed by atoms with Crippen molar-refractivity contribution in [1.29, 1.82) is 0 Å². The first-order chi connectivity index (χ1) is 12.4. The van der Waals surface area contributed by atoms with E-state index >= 15 is 0 Å². The number of aryl methyl sites for hydroxylation is 2. The maximum atomic E-state index is 12.2. The molecule has 1 atom stereocenters. The second-order valence-electron chi connectivity index (χ2n) is 6.79. The van der Waals surface area contributed by atoms with E-state index < -0.39 is 24.0 Å². The molecule has 1 aromatic rings. The lowest BCUT2D eigenvalue weighted by Gasteiger charge is -2.23. The van der Waals surface area contributed by atoms with Gasteiger partial charge in [-0.25, -0.2) is 9.59 Å². The average Bonchev–Trinajstić information content (AvgIpc) is 2.97. The Hall–Kier alpha value is -1.89. The van der Waals surface area contributed by atoms with E-state index in [0.29, 0.717) is 4.88 Å². The topological polar surface area (TPSA) is 84.5 Å². The summed E-state index contributed by atoms with van der Waals surface area (Å²) < 4.78 is 5.21. The molecule has 1 aromatic heterocycles. The fraction of sp³-hybridized carbons (Fsp3) is 0.632. The number of ether oxygens (including phenoxy) is 1. The number of carbonyl (C=O) groups is 3. The Kier molecular flexibility index (Phi) is 7.63. The molecule has 0 aromatic carbocycles. The van der Waals surface area contributed by atoms with Gasteiger partial charge >= 0.3 is 12.0 Å². The molecule has 7 heteroatoms. The van der Waals surface area contributed by atoms with Gasteiger partial charge in [-0.05, 0) is 44.7 Å². The van der Waals surface area contributed by atoms with E-state index in [1.54, 1.807) is 0 Å². The van der Waals surface area contributed by atoms with Crippen molar-refractivity contribution in [3.05, 3.63) is 21.4 Å². The minimum atomic E-state index is -1.03. The second kappa shape index (κ2) is 9.71. The van der Waals surface area contributed by atoms with Gasteiger partial charge in [-0.2, -0.15) is 0 Å². The van der Waals surface area contributed by atoms with Crippen molar-refractivity contribution in [3.8, 4) is 0 Å². The van der Waals surface area contributed by atoms with Crippen LogP contribution in [-0.4, -0.2) is 30.1 Å². The van der Waals surface area contributed by atoms with Crippen molar-refractivity contribution >= 4 is 29.2 Å². The van der Waals surface area contributed by atoms with Gasteiger partial charge in [0.15, 0.2) is 6.10 Å². The highest BCUT2D eigenvalue weighted by atomic mass is 32.1. The number of imide groups is 1. The molecular formula is C19H28N2O4S. The maximum Gasteiger partial charge on any atom is 0.349 e. The van der Waals surface area contributed by atoms with Gasteiger partial charge in [-0.3, -0.25) is 10.1 Å². The summed E-state index contributed by atoms with van der Waals surface area (Å²) >= 11 is 1.37. The molecule has 2 rings (SSSR count). The Morgan fingerprint density at radius 1 is 1.27 bits per heavy atom. The summed E-state index contributed by atoms with van der Waals surface area (Å²) in [7, 11) is 0. The number of hydrogen-bond donors (Lipinski definition) is 2. The molecule has 2 N–H and O–H groups in total. The highest BCUT2D eigenvalue weighted by Gasteiger charge is 2.23. The van der Waals surface area contributed by atoms with E-state index in [1.807, 2.05) is 13.0 Å². The van der Waals surface area contributed by atoms with Crippen LogP contribution in [0.15, 0.2) is 6.07 Å². The van der Waals surface area contributed by atoms with Crippen LogP contribution in [0.5, 0.6) is 0 Å². The van der Waals surface area contributed by atoms with Gasteiger partial charge in [0.05, 0.1) is 0 Å². The number of thiophene rings is 1. The third kappa shape index (κ3) is 5.83.